The first-order valence-electron chi connectivity index (χ1n) is 6.52. The predicted molar refractivity (Wildman–Crippen MR) is 64.9 cm³/mol. The molecular weight excluding hydrogens is 258 g/mol. The van der Waals surface area contributed by atoms with E-state index in [4.69, 9.17) is 5.73 Å². The molecule has 1 aromatic rings. The number of rotatable bonds is 2. The van der Waals surface area contributed by atoms with Crippen molar-refractivity contribution in [1.82, 2.24) is 0 Å². The molecule has 1 fully saturated rings. The van der Waals surface area contributed by atoms with Gasteiger partial charge >= 0.3 is 6.18 Å². The van der Waals surface area contributed by atoms with Crippen molar-refractivity contribution < 1.29 is 17.6 Å². The number of alkyl halides is 3. The van der Waals surface area contributed by atoms with Crippen molar-refractivity contribution in [3.8, 4) is 0 Å². The Labute approximate surface area is 109 Å². The first kappa shape index (κ1) is 14.3. The molecule has 0 saturated heterocycles. The van der Waals surface area contributed by atoms with E-state index in [0.29, 0.717) is 0 Å². The molecule has 0 unspecified atom stereocenters. The van der Waals surface area contributed by atoms with Gasteiger partial charge in [-0.1, -0.05) is 25.3 Å². The van der Waals surface area contributed by atoms with E-state index >= 15 is 0 Å². The van der Waals surface area contributed by atoms with Crippen molar-refractivity contribution in [2.75, 3.05) is 0 Å². The molecule has 0 heterocycles. The highest BCUT2D eigenvalue weighted by Gasteiger charge is 2.37. The maximum atomic E-state index is 13.8. The SMILES string of the molecule is N[C@@H](c1c(F)cccc1C(F)(F)F)C1CCCCC1. The molecule has 1 aromatic carbocycles. The van der Waals surface area contributed by atoms with Crippen molar-refractivity contribution in [3.63, 3.8) is 0 Å². The zero-order valence-corrected chi connectivity index (χ0v) is 10.5. The van der Waals surface area contributed by atoms with Crippen LogP contribution >= 0.6 is 0 Å². The summed E-state index contributed by atoms with van der Waals surface area (Å²) >= 11 is 0. The lowest BCUT2D eigenvalue weighted by Gasteiger charge is -2.29. The molecule has 106 valence electrons. The topological polar surface area (TPSA) is 26.0 Å². The van der Waals surface area contributed by atoms with E-state index in [2.05, 4.69) is 0 Å². The van der Waals surface area contributed by atoms with Gasteiger partial charge in [-0.3, -0.25) is 0 Å². The predicted octanol–water partition coefficient (Wildman–Crippen LogP) is 4.42. The summed E-state index contributed by atoms with van der Waals surface area (Å²) < 4.78 is 52.6. The van der Waals surface area contributed by atoms with Gasteiger partial charge in [0.15, 0.2) is 0 Å². The van der Waals surface area contributed by atoms with Crippen LogP contribution < -0.4 is 5.73 Å². The normalized spacial score (nSPS) is 19.4. The summed E-state index contributed by atoms with van der Waals surface area (Å²) in [7, 11) is 0. The number of halogens is 4. The summed E-state index contributed by atoms with van der Waals surface area (Å²) in [5, 5.41) is 0. The van der Waals surface area contributed by atoms with Gasteiger partial charge in [0.1, 0.15) is 5.82 Å². The van der Waals surface area contributed by atoms with Crippen LogP contribution in [0.2, 0.25) is 0 Å². The minimum atomic E-state index is -4.57. The maximum Gasteiger partial charge on any atom is 0.416 e. The summed E-state index contributed by atoms with van der Waals surface area (Å²) in [6, 6.07) is 2.15. The van der Waals surface area contributed by atoms with Crippen molar-refractivity contribution in [2.24, 2.45) is 11.7 Å². The minimum absolute atomic E-state index is 0.0632. The highest BCUT2D eigenvalue weighted by Crippen LogP contribution is 2.40. The Balaban J connectivity index is 2.37. The summed E-state index contributed by atoms with van der Waals surface area (Å²) in [4.78, 5) is 0. The molecule has 1 saturated carbocycles. The monoisotopic (exact) mass is 275 g/mol. The fourth-order valence-corrected chi connectivity index (χ4v) is 2.85. The molecule has 2 N–H and O–H groups in total. The van der Waals surface area contributed by atoms with E-state index in [1.165, 1.54) is 0 Å². The minimum Gasteiger partial charge on any atom is -0.324 e. The van der Waals surface area contributed by atoms with Gasteiger partial charge in [-0.05, 0) is 30.9 Å². The first-order chi connectivity index (χ1) is 8.91. The third-order valence-electron chi connectivity index (χ3n) is 3.85. The molecule has 2 rings (SSSR count). The molecule has 1 aliphatic carbocycles. The Bertz CT molecular complexity index is 436. The van der Waals surface area contributed by atoms with Gasteiger partial charge in [0, 0.05) is 11.6 Å². The molecule has 0 aromatic heterocycles. The number of nitrogens with two attached hydrogens (primary N) is 1. The molecule has 19 heavy (non-hydrogen) atoms. The molecular formula is C14H17F4N. The second-order valence-corrected chi connectivity index (χ2v) is 5.12. The highest BCUT2D eigenvalue weighted by atomic mass is 19.4. The highest BCUT2D eigenvalue weighted by molar-refractivity contribution is 5.34. The third kappa shape index (κ3) is 3.08. The Morgan fingerprint density at radius 3 is 2.32 bits per heavy atom. The standard InChI is InChI=1S/C14H17F4N/c15-11-8-4-7-10(14(16,17)18)12(11)13(19)9-5-2-1-3-6-9/h4,7-9,13H,1-3,5-6,19H2/t13-/m1/s1. The summed E-state index contributed by atoms with van der Waals surface area (Å²) in [6.07, 6.45) is -0.0434. The second kappa shape index (κ2) is 5.49. The van der Waals surface area contributed by atoms with Gasteiger partial charge in [-0.25, -0.2) is 4.39 Å². The Kier molecular flexibility index (Phi) is 4.13. The fraction of sp³-hybridized carbons (Fsp3) is 0.571. The van der Waals surface area contributed by atoms with E-state index in [1.807, 2.05) is 0 Å². The van der Waals surface area contributed by atoms with E-state index in [9.17, 15) is 17.6 Å². The largest absolute Gasteiger partial charge is 0.416 e. The molecule has 1 nitrogen and oxygen atoms in total. The number of benzene rings is 1. The fourth-order valence-electron chi connectivity index (χ4n) is 2.85. The van der Waals surface area contributed by atoms with Crippen LogP contribution in [-0.2, 0) is 6.18 Å². The van der Waals surface area contributed by atoms with Crippen LogP contribution in [0.1, 0.15) is 49.3 Å². The van der Waals surface area contributed by atoms with Crippen LogP contribution in [0.4, 0.5) is 17.6 Å². The Morgan fingerprint density at radius 2 is 1.74 bits per heavy atom. The van der Waals surface area contributed by atoms with Crippen LogP contribution in [0.25, 0.3) is 0 Å². The maximum absolute atomic E-state index is 13.8. The van der Waals surface area contributed by atoms with Crippen LogP contribution in [0, 0.1) is 11.7 Å². The van der Waals surface area contributed by atoms with Crippen LogP contribution in [0.15, 0.2) is 18.2 Å². The second-order valence-electron chi connectivity index (χ2n) is 5.12. The van der Waals surface area contributed by atoms with E-state index < -0.39 is 23.6 Å². The third-order valence-corrected chi connectivity index (χ3v) is 3.85. The molecule has 0 amide bonds. The summed E-state index contributed by atoms with van der Waals surface area (Å²) in [5.74, 6) is -0.917. The van der Waals surface area contributed by atoms with Crippen molar-refractivity contribution in [1.29, 1.82) is 0 Å². The van der Waals surface area contributed by atoms with Gasteiger partial charge in [-0.15, -0.1) is 0 Å². The van der Waals surface area contributed by atoms with E-state index in [0.717, 1.165) is 50.3 Å². The quantitative estimate of drug-likeness (QED) is 0.794. The van der Waals surface area contributed by atoms with Gasteiger partial charge in [-0.2, -0.15) is 13.2 Å². The van der Waals surface area contributed by atoms with E-state index in [1.54, 1.807) is 0 Å². The Morgan fingerprint density at radius 1 is 1.11 bits per heavy atom. The zero-order chi connectivity index (χ0) is 14.0. The van der Waals surface area contributed by atoms with Crippen molar-refractivity contribution in [3.05, 3.63) is 35.1 Å². The van der Waals surface area contributed by atoms with Gasteiger partial charge in [0.05, 0.1) is 5.56 Å². The number of hydrogen-bond acceptors (Lipinski definition) is 1. The van der Waals surface area contributed by atoms with Crippen LogP contribution in [0.5, 0.6) is 0 Å². The molecule has 1 atom stereocenters. The Hall–Kier alpha value is -1.10. The molecule has 0 aliphatic heterocycles. The molecule has 0 bridgehead atoms. The molecule has 1 aliphatic rings. The lowest BCUT2D eigenvalue weighted by atomic mass is 9.80. The van der Waals surface area contributed by atoms with Gasteiger partial charge in [0.25, 0.3) is 0 Å². The first-order valence-corrected chi connectivity index (χ1v) is 6.52. The summed E-state index contributed by atoms with van der Waals surface area (Å²) in [5.41, 5.74) is 4.62. The van der Waals surface area contributed by atoms with Crippen molar-refractivity contribution in [2.45, 2.75) is 44.3 Å². The molecule has 0 spiro atoms. The average Bonchev–Trinajstić information content (AvgIpc) is 2.37. The lowest BCUT2D eigenvalue weighted by molar-refractivity contribution is -0.138. The molecule has 5 heteroatoms. The van der Waals surface area contributed by atoms with Crippen molar-refractivity contribution >= 4 is 0 Å². The van der Waals surface area contributed by atoms with Crippen LogP contribution in [-0.4, -0.2) is 0 Å². The average molecular weight is 275 g/mol. The van der Waals surface area contributed by atoms with Gasteiger partial charge < -0.3 is 5.73 Å². The number of hydrogen-bond donors (Lipinski definition) is 1. The zero-order valence-electron chi connectivity index (χ0n) is 10.5. The van der Waals surface area contributed by atoms with E-state index in [-0.39, 0.29) is 11.5 Å². The summed E-state index contributed by atoms with van der Waals surface area (Å²) in [6.45, 7) is 0. The van der Waals surface area contributed by atoms with Crippen LogP contribution in [0.3, 0.4) is 0 Å². The van der Waals surface area contributed by atoms with Gasteiger partial charge in [0.2, 0.25) is 0 Å². The lowest BCUT2D eigenvalue weighted by Crippen LogP contribution is -2.27. The smallest absolute Gasteiger partial charge is 0.324 e. The molecule has 0 radical (unpaired) electrons.